The molecule has 1 aromatic heterocycles. The van der Waals surface area contributed by atoms with E-state index in [-0.39, 0.29) is 0 Å². The Kier molecular flexibility index (Phi) is 15.3. The minimum absolute atomic E-state index is 0.859. The fourth-order valence-corrected chi connectivity index (χ4v) is 3.50. The van der Waals surface area contributed by atoms with E-state index in [9.17, 15) is 0 Å². The van der Waals surface area contributed by atoms with Gasteiger partial charge >= 0.3 is 0 Å². The van der Waals surface area contributed by atoms with Gasteiger partial charge in [-0.3, -0.25) is 0 Å². The van der Waals surface area contributed by atoms with Crippen LogP contribution in [0.4, 0.5) is 0 Å². The first kappa shape index (κ1) is 24.0. The van der Waals surface area contributed by atoms with Gasteiger partial charge in [0.05, 0.1) is 0 Å². The number of rotatable bonds is 18. The maximum Gasteiger partial charge on any atom is 0.132 e. The Bertz CT molecular complexity index is 423. The second kappa shape index (κ2) is 17.1. The van der Waals surface area contributed by atoms with Crippen molar-refractivity contribution < 1.29 is 0 Å². The molecule has 0 atom stereocenters. The minimum atomic E-state index is 0.859. The normalized spacial score (nSPS) is 11.2. The van der Waals surface area contributed by atoms with Crippen molar-refractivity contribution in [3.63, 3.8) is 0 Å². The fourth-order valence-electron chi connectivity index (χ4n) is 3.50. The predicted molar refractivity (Wildman–Crippen MR) is 117 cm³/mol. The second-order valence-electron chi connectivity index (χ2n) is 7.93. The minimum Gasteiger partial charge on any atom is -0.218 e. The average Bonchev–Trinajstić information content (AvgIpc) is 2.67. The summed E-state index contributed by atoms with van der Waals surface area (Å²) in [6.07, 6.45) is 22.4. The van der Waals surface area contributed by atoms with Crippen molar-refractivity contribution in [2.75, 3.05) is 0 Å². The number of aromatic nitrogens is 3. The standard InChI is InChI=1S/C24H44N3/c1-4-7-9-11-13-15-17-20-23-25-22(19-6-3)26-24(27-23)21-18-16-14-12-10-8-5-2/h3-21H2,1-2H3. The van der Waals surface area contributed by atoms with E-state index in [1.54, 1.807) is 0 Å². The molecule has 155 valence electrons. The molecule has 0 aromatic carbocycles. The van der Waals surface area contributed by atoms with Crippen LogP contribution in [-0.4, -0.2) is 15.0 Å². The Labute approximate surface area is 169 Å². The number of hydrogen-bond donors (Lipinski definition) is 0. The van der Waals surface area contributed by atoms with E-state index in [1.165, 1.54) is 89.9 Å². The van der Waals surface area contributed by atoms with Gasteiger partial charge in [0, 0.05) is 19.3 Å². The van der Waals surface area contributed by atoms with Gasteiger partial charge in [-0.15, -0.1) is 0 Å². The van der Waals surface area contributed by atoms with Crippen molar-refractivity contribution >= 4 is 0 Å². The van der Waals surface area contributed by atoms with Gasteiger partial charge in [-0.05, 0) is 19.3 Å². The van der Waals surface area contributed by atoms with Crippen molar-refractivity contribution in [1.29, 1.82) is 0 Å². The van der Waals surface area contributed by atoms with Gasteiger partial charge in [0.2, 0.25) is 0 Å². The summed E-state index contributed by atoms with van der Waals surface area (Å²) in [6.45, 7) is 8.51. The third-order valence-electron chi connectivity index (χ3n) is 5.18. The van der Waals surface area contributed by atoms with Crippen LogP contribution < -0.4 is 0 Å². The molecule has 1 radical (unpaired) electrons. The largest absolute Gasteiger partial charge is 0.218 e. The monoisotopic (exact) mass is 374 g/mol. The van der Waals surface area contributed by atoms with E-state index in [1.807, 2.05) is 0 Å². The van der Waals surface area contributed by atoms with Crippen LogP contribution in [0.1, 0.15) is 128 Å². The van der Waals surface area contributed by atoms with Crippen molar-refractivity contribution in [1.82, 2.24) is 15.0 Å². The van der Waals surface area contributed by atoms with Crippen LogP contribution in [0.15, 0.2) is 0 Å². The van der Waals surface area contributed by atoms with Crippen LogP contribution in [0.3, 0.4) is 0 Å². The summed E-state index contributed by atoms with van der Waals surface area (Å²) in [5.74, 6) is 2.98. The number of aryl methyl sites for hydroxylation is 3. The van der Waals surface area contributed by atoms with Crippen molar-refractivity contribution in [2.45, 2.75) is 129 Å². The molecule has 1 rings (SSSR count). The molecule has 0 unspecified atom stereocenters. The molecular weight excluding hydrogens is 330 g/mol. The first-order valence-corrected chi connectivity index (χ1v) is 11.8. The highest BCUT2D eigenvalue weighted by molar-refractivity contribution is 4.99. The summed E-state index contributed by atoms with van der Waals surface area (Å²) in [5, 5.41) is 0. The van der Waals surface area contributed by atoms with Crippen LogP contribution in [0.5, 0.6) is 0 Å². The van der Waals surface area contributed by atoms with E-state index >= 15 is 0 Å². The summed E-state index contributed by atoms with van der Waals surface area (Å²) in [4.78, 5) is 14.1. The summed E-state index contributed by atoms with van der Waals surface area (Å²) in [7, 11) is 0. The van der Waals surface area contributed by atoms with Gasteiger partial charge in [-0.25, -0.2) is 15.0 Å². The molecule has 0 aliphatic carbocycles. The topological polar surface area (TPSA) is 38.7 Å². The van der Waals surface area contributed by atoms with Crippen LogP contribution >= 0.6 is 0 Å². The van der Waals surface area contributed by atoms with E-state index in [2.05, 4.69) is 30.7 Å². The highest BCUT2D eigenvalue weighted by atomic mass is 15.0. The lowest BCUT2D eigenvalue weighted by Crippen LogP contribution is -2.08. The lowest BCUT2D eigenvalue weighted by molar-refractivity contribution is 0.573. The average molecular weight is 375 g/mol. The maximum atomic E-state index is 4.77. The maximum absolute atomic E-state index is 4.77. The number of hydrogen-bond acceptors (Lipinski definition) is 3. The molecule has 3 nitrogen and oxygen atoms in total. The van der Waals surface area contributed by atoms with Crippen LogP contribution in [0.25, 0.3) is 0 Å². The van der Waals surface area contributed by atoms with Gasteiger partial charge in [0.25, 0.3) is 0 Å². The van der Waals surface area contributed by atoms with Gasteiger partial charge in [0.1, 0.15) is 17.5 Å². The lowest BCUT2D eigenvalue weighted by Gasteiger charge is -2.07. The zero-order valence-electron chi connectivity index (χ0n) is 18.3. The molecule has 0 saturated carbocycles. The van der Waals surface area contributed by atoms with Crippen LogP contribution in [-0.2, 0) is 19.3 Å². The molecule has 0 bridgehead atoms. The van der Waals surface area contributed by atoms with E-state index < -0.39 is 0 Å². The highest BCUT2D eigenvalue weighted by Gasteiger charge is 2.06. The third-order valence-corrected chi connectivity index (χ3v) is 5.18. The first-order valence-electron chi connectivity index (χ1n) is 11.8. The van der Waals surface area contributed by atoms with Crippen molar-refractivity contribution in [2.24, 2.45) is 0 Å². The molecule has 27 heavy (non-hydrogen) atoms. The van der Waals surface area contributed by atoms with Gasteiger partial charge in [-0.2, -0.15) is 0 Å². The molecule has 0 fully saturated rings. The first-order chi connectivity index (χ1) is 13.3. The van der Waals surface area contributed by atoms with E-state index in [4.69, 9.17) is 4.98 Å². The summed E-state index contributed by atoms with van der Waals surface area (Å²) >= 11 is 0. The Hall–Kier alpha value is -0.990. The van der Waals surface area contributed by atoms with Crippen molar-refractivity contribution in [3.05, 3.63) is 24.4 Å². The zero-order chi connectivity index (χ0) is 19.6. The molecule has 3 heteroatoms. The molecule has 0 amide bonds. The van der Waals surface area contributed by atoms with Crippen molar-refractivity contribution in [3.8, 4) is 0 Å². The Morgan fingerprint density at radius 2 is 0.815 bits per heavy atom. The smallest absolute Gasteiger partial charge is 0.132 e. The van der Waals surface area contributed by atoms with Gasteiger partial charge in [0.15, 0.2) is 0 Å². The molecule has 0 aliphatic rings. The summed E-state index contributed by atoms with van der Waals surface area (Å²) in [6, 6.07) is 0. The Balaban J connectivity index is 2.34. The quantitative estimate of drug-likeness (QED) is 0.254. The molecule has 0 spiro atoms. The van der Waals surface area contributed by atoms with Gasteiger partial charge in [-0.1, -0.05) is 97.8 Å². The molecule has 1 heterocycles. The van der Waals surface area contributed by atoms with E-state index in [0.29, 0.717) is 0 Å². The summed E-state index contributed by atoms with van der Waals surface area (Å²) in [5.41, 5.74) is 0. The molecular formula is C24H44N3. The SMILES string of the molecule is [CH2]CCc1nc(CCCCCCCCC)nc(CCCCCCCCC)n1. The fraction of sp³-hybridized carbons (Fsp3) is 0.833. The highest BCUT2D eigenvalue weighted by Crippen LogP contribution is 2.12. The predicted octanol–water partition coefficient (Wildman–Crippen LogP) is 7.22. The second-order valence-corrected chi connectivity index (χ2v) is 7.93. The summed E-state index contributed by atoms with van der Waals surface area (Å²) < 4.78 is 0. The van der Waals surface area contributed by atoms with E-state index in [0.717, 1.165) is 43.2 Å². The Morgan fingerprint density at radius 3 is 1.19 bits per heavy atom. The van der Waals surface area contributed by atoms with Crippen LogP contribution in [0.2, 0.25) is 0 Å². The number of unbranched alkanes of at least 4 members (excludes halogenated alkanes) is 12. The van der Waals surface area contributed by atoms with Gasteiger partial charge < -0.3 is 0 Å². The molecule has 0 saturated heterocycles. The number of nitrogens with zero attached hydrogens (tertiary/aromatic N) is 3. The van der Waals surface area contributed by atoms with Crippen LogP contribution in [0, 0.1) is 6.92 Å². The lowest BCUT2D eigenvalue weighted by atomic mass is 10.1. The molecule has 1 aromatic rings. The molecule has 0 aliphatic heterocycles. The molecule has 0 N–H and O–H groups in total. The Morgan fingerprint density at radius 1 is 0.481 bits per heavy atom. The third kappa shape index (κ3) is 12.9. The zero-order valence-corrected chi connectivity index (χ0v) is 18.3.